The van der Waals surface area contributed by atoms with E-state index in [1.54, 1.807) is 11.8 Å². The quantitative estimate of drug-likeness (QED) is 0.323. The number of aliphatic hydroxyl groups excluding tert-OH is 1. The largest absolute Gasteiger partial charge is 0.441 e. The Balaban J connectivity index is 1.56. The number of benzene rings is 1. The van der Waals surface area contributed by atoms with Gasteiger partial charge >= 0.3 is 5.97 Å². The van der Waals surface area contributed by atoms with Gasteiger partial charge in [0.1, 0.15) is 0 Å². The zero-order chi connectivity index (χ0) is 23.1. The number of aromatic nitrogens is 3. The number of anilines is 1. The number of aryl methyl sites for hydroxylation is 1. The van der Waals surface area contributed by atoms with Crippen molar-refractivity contribution in [3.8, 4) is 0 Å². The third kappa shape index (κ3) is 5.80. The van der Waals surface area contributed by atoms with Crippen LogP contribution in [0.4, 0.5) is 5.69 Å². The molecule has 1 N–H and O–H groups in total. The number of rotatable bonds is 11. The molecule has 0 saturated carbocycles. The third-order valence-corrected chi connectivity index (χ3v) is 5.36. The first-order valence-electron chi connectivity index (χ1n) is 10.7. The Bertz CT molecular complexity index is 940. The van der Waals surface area contributed by atoms with E-state index in [0.717, 1.165) is 17.7 Å². The summed E-state index contributed by atoms with van der Waals surface area (Å²) in [4.78, 5) is 24.7. The van der Waals surface area contributed by atoms with E-state index in [0.29, 0.717) is 18.7 Å². The maximum atomic E-state index is 12.0. The highest BCUT2D eigenvalue weighted by Gasteiger charge is 2.39. The summed E-state index contributed by atoms with van der Waals surface area (Å²) in [5, 5.41) is 17.0. The molecule has 1 aromatic heterocycles. The minimum atomic E-state index is -0.532. The smallest absolute Gasteiger partial charge is 0.304 e. The lowest BCUT2D eigenvalue weighted by molar-refractivity contribution is -0.153. The van der Waals surface area contributed by atoms with Crippen molar-refractivity contribution in [2.24, 2.45) is 5.92 Å². The highest BCUT2D eigenvalue weighted by Crippen LogP contribution is 2.32. The highest BCUT2D eigenvalue weighted by atomic mass is 16.6. The molecule has 172 valence electrons. The molecule has 1 aliphatic heterocycles. The second-order valence-corrected chi connectivity index (χ2v) is 7.80. The van der Waals surface area contributed by atoms with Gasteiger partial charge in [-0.15, -0.1) is 5.10 Å². The predicted octanol–water partition coefficient (Wildman–Crippen LogP) is 2.41. The van der Waals surface area contributed by atoms with Crippen molar-refractivity contribution in [3.05, 3.63) is 53.9 Å². The number of β-lactam (4-membered cyclic amide) rings is 1. The molecule has 0 spiro atoms. The number of hydrogen-bond acceptors (Lipinski definition) is 7. The molecule has 1 saturated heterocycles. The summed E-state index contributed by atoms with van der Waals surface area (Å²) in [7, 11) is 1.68. The molecule has 2 aromatic rings. The standard InChI is InChI=1S/C23H30N4O5/c1-16(6-4-5-12-26-15-19(11-13-28)24-25-26)23(31-3)18-7-9-20(10-8-18)27-21(30)14-22(27)32-17(2)29/h4,6-10,15-16,22-23,28H,5,11-14H2,1-3H3/b6-4+/t16-,22?,23+/m1/s1. The lowest BCUT2D eigenvalue weighted by Gasteiger charge is -2.39. The van der Waals surface area contributed by atoms with Gasteiger partial charge in [-0.3, -0.25) is 19.2 Å². The number of hydrogen-bond donors (Lipinski definition) is 1. The van der Waals surface area contributed by atoms with Gasteiger partial charge in [-0.1, -0.05) is 36.4 Å². The Morgan fingerprint density at radius 3 is 2.72 bits per heavy atom. The molecule has 32 heavy (non-hydrogen) atoms. The van der Waals surface area contributed by atoms with Crippen LogP contribution in [0.2, 0.25) is 0 Å². The molecule has 3 atom stereocenters. The van der Waals surface area contributed by atoms with Gasteiger partial charge in [0.15, 0.2) is 6.23 Å². The molecule has 9 heteroatoms. The molecule has 1 aromatic carbocycles. The first kappa shape index (κ1) is 23.6. The number of esters is 1. The molecule has 3 rings (SSSR count). The van der Waals surface area contributed by atoms with Crippen LogP contribution in [-0.4, -0.2) is 51.9 Å². The summed E-state index contributed by atoms with van der Waals surface area (Å²) in [6.45, 7) is 4.20. The van der Waals surface area contributed by atoms with Gasteiger partial charge < -0.3 is 14.6 Å². The minimum Gasteiger partial charge on any atom is -0.441 e. The number of allylic oxidation sites excluding steroid dienone is 1. The van der Waals surface area contributed by atoms with Crippen LogP contribution in [0.25, 0.3) is 0 Å². The van der Waals surface area contributed by atoms with E-state index in [-0.39, 0.29) is 31.0 Å². The predicted molar refractivity (Wildman–Crippen MR) is 118 cm³/mol. The number of carbonyl (C=O) groups excluding carboxylic acids is 2. The zero-order valence-corrected chi connectivity index (χ0v) is 18.7. The van der Waals surface area contributed by atoms with Crippen molar-refractivity contribution in [2.75, 3.05) is 18.6 Å². The molecule has 1 unspecified atom stereocenters. The fourth-order valence-corrected chi connectivity index (χ4v) is 3.76. The summed E-state index contributed by atoms with van der Waals surface area (Å²) in [5.41, 5.74) is 2.48. The van der Waals surface area contributed by atoms with Crippen molar-refractivity contribution < 1.29 is 24.2 Å². The van der Waals surface area contributed by atoms with Crippen LogP contribution in [0, 0.1) is 5.92 Å². The van der Waals surface area contributed by atoms with Crippen LogP contribution in [0.1, 0.15) is 44.1 Å². The second kappa shape index (κ2) is 11.0. The van der Waals surface area contributed by atoms with E-state index in [1.807, 2.05) is 30.5 Å². The molecule has 9 nitrogen and oxygen atoms in total. The molecule has 1 aliphatic rings. The highest BCUT2D eigenvalue weighted by molar-refractivity contribution is 6.00. The normalized spacial score (nSPS) is 17.9. The monoisotopic (exact) mass is 442 g/mol. The summed E-state index contributed by atoms with van der Waals surface area (Å²) in [5.74, 6) is -0.343. The Hall–Kier alpha value is -3.04. The Morgan fingerprint density at radius 2 is 2.09 bits per heavy atom. The number of amides is 1. The number of methoxy groups -OCH3 is 1. The van der Waals surface area contributed by atoms with Crippen LogP contribution in [0.5, 0.6) is 0 Å². The fraction of sp³-hybridized carbons (Fsp3) is 0.478. The maximum Gasteiger partial charge on any atom is 0.304 e. The Kier molecular flexibility index (Phi) is 8.13. The van der Waals surface area contributed by atoms with Crippen LogP contribution in [0.15, 0.2) is 42.6 Å². The van der Waals surface area contributed by atoms with E-state index < -0.39 is 12.2 Å². The zero-order valence-electron chi connectivity index (χ0n) is 18.7. The summed E-state index contributed by atoms with van der Waals surface area (Å²) < 4.78 is 12.7. The van der Waals surface area contributed by atoms with Crippen molar-refractivity contribution in [1.82, 2.24) is 15.0 Å². The van der Waals surface area contributed by atoms with Gasteiger partial charge in [-0.2, -0.15) is 0 Å². The third-order valence-electron chi connectivity index (χ3n) is 5.36. The first-order valence-corrected chi connectivity index (χ1v) is 10.7. The molecule has 0 bridgehead atoms. The van der Waals surface area contributed by atoms with Gasteiger partial charge in [0.25, 0.3) is 0 Å². The molecular weight excluding hydrogens is 412 g/mol. The SMILES string of the molecule is CO[C@H](c1ccc(N2C(=O)CC2OC(C)=O)cc1)[C@H](C)/C=C/CCn1cc(CCO)nn1. The van der Waals surface area contributed by atoms with Crippen LogP contribution in [-0.2, 0) is 32.0 Å². The van der Waals surface area contributed by atoms with Gasteiger partial charge in [0, 0.05) is 51.4 Å². The van der Waals surface area contributed by atoms with E-state index in [2.05, 4.69) is 29.4 Å². The lowest BCUT2D eigenvalue weighted by atomic mass is 9.96. The van der Waals surface area contributed by atoms with Crippen LogP contribution < -0.4 is 4.90 Å². The topological polar surface area (TPSA) is 107 Å². The average molecular weight is 443 g/mol. The van der Waals surface area contributed by atoms with Gasteiger partial charge in [0.05, 0.1) is 18.2 Å². The number of ether oxygens (including phenoxy) is 2. The molecular formula is C23H30N4O5. The van der Waals surface area contributed by atoms with Crippen molar-refractivity contribution in [3.63, 3.8) is 0 Å². The molecule has 1 fully saturated rings. The van der Waals surface area contributed by atoms with E-state index in [4.69, 9.17) is 14.6 Å². The Morgan fingerprint density at radius 1 is 1.34 bits per heavy atom. The molecule has 1 amide bonds. The fourth-order valence-electron chi connectivity index (χ4n) is 3.76. The first-order chi connectivity index (χ1) is 15.4. The molecule has 0 aliphatic carbocycles. The van der Waals surface area contributed by atoms with E-state index in [9.17, 15) is 9.59 Å². The average Bonchev–Trinajstić information content (AvgIpc) is 3.20. The van der Waals surface area contributed by atoms with Crippen molar-refractivity contribution in [1.29, 1.82) is 0 Å². The number of nitrogens with zero attached hydrogens (tertiary/aromatic N) is 4. The number of carbonyl (C=O) groups is 2. The summed E-state index contributed by atoms with van der Waals surface area (Å²) in [6.07, 6.45) is 6.91. The van der Waals surface area contributed by atoms with Gasteiger partial charge in [-0.25, -0.2) is 0 Å². The van der Waals surface area contributed by atoms with Gasteiger partial charge in [0.2, 0.25) is 5.91 Å². The molecule has 2 heterocycles. The second-order valence-electron chi connectivity index (χ2n) is 7.80. The summed E-state index contributed by atoms with van der Waals surface area (Å²) >= 11 is 0. The van der Waals surface area contributed by atoms with Crippen LogP contribution in [0.3, 0.4) is 0 Å². The maximum absolute atomic E-state index is 12.0. The molecule has 0 radical (unpaired) electrons. The summed E-state index contributed by atoms with van der Waals surface area (Å²) in [6, 6.07) is 7.56. The van der Waals surface area contributed by atoms with E-state index in [1.165, 1.54) is 11.8 Å². The van der Waals surface area contributed by atoms with E-state index >= 15 is 0 Å². The van der Waals surface area contributed by atoms with Crippen molar-refractivity contribution in [2.45, 2.75) is 52.0 Å². The Labute approximate surface area is 187 Å². The number of aliphatic hydroxyl groups is 1. The van der Waals surface area contributed by atoms with Crippen LogP contribution >= 0.6 is 0 Å². The lowest BCUT2D eigenvalue weighted by Crippen LogP contribution is -2.54. The van der Waals surface area contributed by atoms with Crippen molar-refractivity contribution >= 4 is 17.6 Å². The van der Waals surface area contributed by atoms with Gasteiger partial charge in [-0.05, 0) is 24.1 Å². The minimum absolute atomic E-state index is 0.0661.